The van der Waals surface area contributed by atoms with Crippen LogP contribution in [0.5, 0.6) is 0 Å². The van der Waals surface area contributed by atoms with Crippen LogP contribution in [-0.2, 0) is 17.9 Å². The van der Waals surface area contributed by atoms with Crippen molar-refractivity contribution >= 4 is 17.6 Å². The minimum absolute atomic E-state index is 0.103. The van der Waals surface area contributed by atoms with Gasteiger partial charge in [-0.3, -0.25) is 14.5 Å². The molecule has 1 atom stereocenters. The van der Waals surface area contributed by atoms with E-state index in [0.717, 1.165) is 50.7 Å². The Morgan fingerprint density at radius 2 is 2.00 bits per heavy atom. The van der Waals surface area contributed by atoms with Crippen LogP contribution in [0.1, 0.15) is 41.8 Å². The minimum atomic E-state index is -0.685. The average molecular weight is 457 g/mol. The van der Waals surface area contributed by atoms with Crippen LogP contribution in [0.4, 0.5) is 5.82 Å². The van der Waals surface area contributed by atoms with Crippen LogP contribution in [0.15, 0.2) is 18.3 Å². The number of hydrogen-bond acceptors (Lipinski definition) is 8. The maximum absolute atomic E-state index is 12.6. The molecule has 1 fully saturated rings. The lowest BCUT2D eigenvalue weighted by Crippen LogP contribution is -2.43. The number of amides is 2. The molecule has 11 nitrogen and oxygen atoms in total. The van der Waals surface area contributed by atoms with E-state index in [9.17, 15) is 14.7 Å². The van der Waals surface area contributed by atoms with Crippen molar-refractivity contribution in [2.24, 2.45) is 0 Å². The molecule has 0 saturated carbocycles. The van der Waals surface area contributed by atoms with Gasteiger partial charge >= 0.3 is 0 Å². The predicted octanol–water partition coefficient (Wildman–Crippen LogP) is 0.0108. The van der Waals surface area contributed by atoms with Gasteiger partial charge in [-0.2, -0.15) is 0 Å². The third-order valence-corrected chi connectivity index (χ3v) is 6.30. The second kappa shape index (κ2) is 10.3. The molecule has 0 spiro atoms. The molecule has 11 heteroatoms. The molecule has 4 heterocycles. The number of aliphatic hydroxyl groups is 1. The van der Waals surface area contributed by atoms with Gasteiger partial charge in [-0.15, -0.1) is 10.2 Å². The summed E-state index contributed by atoms with van der Waals surface area (Å²) in [5.41, 5.74) is 0.488. The van der Waals surface area contributed by atoms with Gasteiger partial charge in [-0.1, -0.05) is 0 Å². The number of pyridine rings is 1. The van der Waals surface area contributed by atoms with Gasteiger partial charge < -0.3 is 25.2 Å². The highest BCUT2D eigenvalue weighted by molar-refractivity contribution is 5.94. The number of anilines is 1. The standard InChI is InChI=1S/C22H32N8O3/c1-15-26-27-21-14-28(9-10-30(15)21)13-19(32)12-24-22(33)17-3-6-23-20(11-17)25-18-4-7-29(8-5-18)16(2)31/h3,6,11,18-19,32H,4-5,7-10,12-14H2,1-2H3,(H,23,25)(H,24,33)/t19-/m0/s1. The maximum atomic E-state index is 12.6. The molecule has 2 aromatic heterocycles. The van der Waals surface area contributed by atoms with Crippen molar-refractivity contribution in [1.82, 2.24) is 34.9 Å². The lowest BCUT2D eigenvalue weighted by Gasteiger charge is -2.32. The van der Waals surface area contributed by atoms with E-state index in [-0.39, 0.29) is 24.4 Å². The van der Waals surface area contributed by atoms with Crippen molar-refractivity contribution in [2.75, 3.05) is 38.0 Å². The fourth-order valence-corrected chi connectivity index (χ4v) is 4.38. The van der Waals surface area contributed by atoms with Crippen molar-refractivity contribution in [3.05, 3.63) is 35.5 Å². The van der Waals surface area contributed by atoms with Crippen molar-refractivity contribution in [3.8, 4) is 0 Å². The number of nitrogens with one attached hydrogen (secondary N) is 2. The molecule has 0 aliphatic carbocycles. The van der Waals surface area contributed by atoms with Crippen LogP contribution in [0.3, 0.4) is 0 Å². The zero-order valence-electron chi connectivity index (χ0n) is 19.2. The highest BCUT2D eigenvalue weighted by Gasteiger charge is 2.23. The predicted molar refractivity (Wildman–Crippen MR) is 122 cm³/mol. The molecule has 2 amide bonds. The van der Waals surface area contributed by atoms with E-state index in [1.165, 1.54) is 0 Å². The summed E-state index contributed by atoms with van der Waals surface area (Å²) in [6.07, 6.45) is 2.60. The van der Waals surface area contributed by atoms with Gasteiger partial charge in [-0.05, 0) is 31.9 Å². The molecule has 0 unspecified atom stereocenters. The summed E-state index contributed by atoms with van der Waals surface area (Å²) in [4.78, 5) is 32.4. The number of carbonyl (C=O) groups is 2. The fourth-order valence-electron chi connectivity index (χ4n) is 4.38. The molecule has 4 rings (SSSR count). The Morgan fingerprint density at radius 1 is 1.21 bits per heavy atom. The van der Waals surface area contributed by atoms with Crippen LogP contribution in [0.2, 0.25) is 0 Å². The number of rotatable bonds is 7. The van der Waals surface area contributed by atoms with Gasteiger partial charge in [0, 0.05) is 64.0 Å². The molecule has 3 N–H and O–H groups in total. The van der Waals surface area contributed by atoms with Gasteiger partial charge in [0.2, 0.25) is 5.91 Å². The van der Waals surface area contributed by atoms with Gasteiger partial charge in [0.15, 0.2) is 0 Å². The smallest absolute Gasteiger partial charge is 0.251 e. The highest BCUT2D eigenvalue weighted by atomic mass is 16.3. The van der Waals surface area contributed by atoms with Gasteiger partial charge in [0.25, 0.3) is 5.91 Å². The first kappa shape index (κ1) is 23.1. The lowest BCUT2D eigenvalue weighted by molar-refractivity contribution is -0.129. The second-order valence-corrected chi connectivity index (χ2v) is 8.77. The summed E-state index contributed by atoms with van der Waals surface area (Å²) >= 11 is 0. The monoisotopic (exact) mass is 456 g/mol. The van der Waals surface area contributed by atoms with Crippen molar-refractivity contribution < 1.29 is 14.7 Å². The molecule has 2 aliphatic heterocycles. The number of aliphatic hydroxyl groups excluding tert-OH is 1. The number of piperidine rings is 1. The number of aryl methyl sites for hydroxylation is 1. The Bertz CT molecular complexity index is 986. The Kier molecular flexibility index (Phi) is 7.19. The lowest BCUT2D eigenvalue weighted by atomic mass is 10.0. The molecule has 33 heavy (non-hydrogen) atoms. The third-order valence-electron chi connectivity index (χ3n) is 6.30. The topological polar surface area (TPSA) is 129 Å². The van der Waals surface area contributed by atoms with E-state index in [4.69, 9.17) is 0 Å². The number of hydrogen-bond donors (Lipinski definition) is 3. The number of likely N-dealkylation sites (tertiary alicyclic amines) is 1. The minimum Gasteiger partial charge on any atom is -0.390 e. The van der Waals surface area contributed by atoms with E-state index < -0.39 is 6.10 Å². The van der Waals surface area contributed by atoms with Crippen molar-refractivity contribution in [1.29, 1.82) is 0 Å². The quantitative estimate of drug-likeness (QED) is 0.532. The molecule has 178 valence electrons. The normalized spacial score (nSPS) is 18.0. The summed E-state index contributed by atoms with van der Waals surface area (Å²) in [6.45, 7) is 7.83. The maximum Gasteiger partial charge on any atom is 0.251 e. The molecule has 0 bridgehead atoms. The van der Waals surface area contributed by atoms with Gasteiger partial charge in [-0.25, -0.2) is 4.98 Å². The molecular weight excluding hydrogens is 424 g/mol. The zero-order valence-corrected chi connectivity index (χ0v) is 19.2. The van der Waals surface area contributed by atoms with E-state index in [1.807, 2.05) is 11.8 Å². The summed E-state index contributed by atoms with van der Waals surface area (Å²) in [5.74, 6) is 2.30. The van der Waals surface area contributed by atoms with Crippen LogP contribution in [-0.4, -0.2) is 91.3 Å². The van der Waals surface area contributed by atoms with Crippen LogP contribution >= 0.6 is 0 Å². The first-order valence-electron chi connectivity index (χ1n) is 11.4. The van der Waals surface area contributed by atoms with Crippen molar-refractivity contribution in [2.45, 2.75) is 51.9 Å². The summed E-state index contributed by atoms with van der Waals surface area (Å²) in [6, 6.07) is 3.59. The van der Waals surface area contributed by atoms with E-state index >= 15 is 0 Å². The third kappa shape index (κ3) is 5.85. The molecule has 1 saturated heterocycles. The first-order valence-corrected chi connectivity index (χ1v) is 11.4. The van der Waals surface area contributed by atoms with Crippen LogP contribution in [0.25, 0.3) is 0 Å². The highest BCUT2D eigenvalue weighted by Crippen LogP contribution is 2.16. The van der Waals surface area contributed by atoms with Gasteiger partial charge in [0.05, 0.1) is 12.6 Å². The first-order chi connectivity index (χ1) is 15.9. The zero-order chi connectivity index (χ0) is 23.4. The van der Waals surface area contributed by atoms with E-state index in [0.29, 0.717) is 24.5 Å². The summed E-state index contributed by atoms with van der Waals surface area (Å²) in [5, 5.41) is 24.9. The Balaban J connectivity index is 1.23. The molecular formula is C22H32N8O3. The van der Waals surface area contributed by atoms with Gasteiger partial charge in [0.1, 0.15) is 17.5 Å². The molecule has 2 aliphatic rings. The Morgan fingerprint density at radius 3 is 2.76 bits per heavy atom. The van der Waals surface area contributed by atoms with Crippen molar-refractivity contribution in [3.63, 3.8) is 0 Å². The molecule has 0 aromatic carbocycles. The number of β-amino-alcohol motifs (C(OH)–C–C–N with tert-alkyl or cyclic N) is 1. The number of fused-ring (bicyclic) bond motifs is 1. The summed E-state index contributed by atoms with van der Waals surface area (Å²) in [7, 11) is 0. The molecule has 2 aromatic rings. The summed E-state index contributed by atoms with van der Waals surface area (Å²) < 4.78 is 2.09. The Labute approximate surface area is 193 Å². The average Bonchev–Trinajstić information content (AvgIpc) is 3.18. The number of carbonyl (C=O) groups excluding carboxylic acids is 2. The largest absolute Gasteiger partial charge is 0.390 e. The SMILES string of the molecule is CC(=O)N1CCC(Nc2cc(C(=O)NC[C@H](O)CN3CCn4c(C)nnc4C3)ccn2)CC1. The number of nitrogens with zero attached hydrogens (tertiary/aromatic N) is 6. The van der Waals surface area contributed by atoms with E-state index in [2.05, 4.69) is 35.3 Å². The second-order valence-electron chi connectivity index (χ2n) is 8.77. The molecule has 0 radical (unpaired) electrons. The van der Waals surface area contributed by atoms with Crippen LogP contribution in [0, 0.1) is 6.92 Å². The number of aromatic nitrogens is 4. The fraction of sp³-hybridized carbons (Fsp3) is 0.591. The van der Waals surface area contributed by atoms with E-state index in [1.54, 1.807) is 25.3 Å². The van der Waals surface area contributed by atoms with Crippen LogP contribution < -0.4 is 10.6 Å². The Hall–Kier alpha value is -3.05.